The van der Waals surface area contributed by atoms with Crippen molar-refractivity contribution in [3.63, 3.8) is 0 Å². The van der Waals surface area contributed by atoms with Crippen LogP contribution in [0.1, 0.15) is 38.5 Å². The molecule has 0 spiro atoms. The van der Waals surface area contributed by atoms with Crippen LogP contribution in [0.5, 0.6) is 0 Å². The predicted octanol–water partition coefficient (Wildman–Crippen LogP) is 4.47. The fraction of sp³-hybridized carbons (Fsp3) is 0.833. The molecular weight excluding hydrogens is 491 g/mol. The number of unbranched alkanes of at least 4 members (excludes halogenated alkanes) is 4. The molecule has 0 fully saturated rings. The molecule has 18 heavy (non-hydrogen) atoms. The third kappa shape index (κ3) is 22.2. The van der Waals surface area contributed by atoms with Gasteiger partial charge in [0.1, 0.15) is 0 Å². The van der Waals surface area contributed by atoms with Gasteiger partial charge in [-0.2, -0.15) is 5.26 Å². The summed E-state index contributed by atoms with van der Waals surface area (Å²) in [6.45, 7) is 9.52. The third-order valence-electron chi connectivity index (χ3n) is 2.39. The summed E-state index contributed by atoms with van der Waals surface area (Å²) in [4.78, 5) is 5.65. The first-order chi connectivity index (χ1) is 8.72. The Kier molecular flexibility index (Phi) is 24.0. The van der Waals surface area contributed by atoms with Crippen molar-refractivity contribution in [2.24, 2.45) is 0 Å². The Morgan fingerprint density at radius 1 is 1.17 bits per heavy atom. The van der Waals surface area contributed by atoms with Gasteiger partial charge in [0, 0.05) is 12.8 Å². The van der Waals surface area contributed by atoms with Crippen molar-refractivity contribution in [2.75, 3.05) is 26.7 Å². The number of halogens is 2. The SMILES string of the molecule is [C-]#[N+]CCCCN(C)CCCCCC#N.[I][V][I]. The van der Waals surface area contributed by atoms with Crippen LogP contribution in [0.3, 0.4) is 0 Å². The maximum atomic E-state index is 8.36. The normalized spacial score (nSPS) is 9.00. The second-order valence-corrected chi connectivity index (χ2v) is 15.7. The fourth-order valence-electron chi connectivity index (χ4n) is 1.45. The van der Waals surface area contributed by atoms with Crippen LogP contribution >= 0.6 is 40.0 Å². The van der Waals surface area contributed by atoms with Crippen LogP contribution in [0.4, 0.5) is 0 Å². The topological polar surface area (TPSA) is 31.4 Å². The van der Waals surface area contributed by atoms with E-state index in [-0.39, 0.29) is 0 Å². The summed E-state index contributed by atoms with van der Waals surface area (Å²) < 4.78 is 0. The van der Waals surface area contributed by atoms with Crippen molar-refractivity contribution in [3.8, 4) is 6.07 Å². The molecule has 0 radical (unpaired) electrons. The Morgan fingerprint density at radius 3 is 2.22 bits per heavy atom. The molecule has 0 N–H and O–H groups in total. The van der Waals surface area contributed by atoms with E-state index in [2.05, 4.69) is 62.8 Å². The first-order valence-electron chi connectivity index (χ1n) is 6.03. The fourth-order valence-corrected chi connectivity index (χ4v) is 1.45. The van der Waals surface area contributed by atoms with Crippen molar-refractivity contribution in [1.29, 1.82) is 5.26 Å². The van der Waals surface area contributed by atoms with Gasteiger partial charge in [-0.25, -0.2) is 6.57 Å². The molecule has 0 saturated carbocycles. The number of hydrogen-bond donors (Lipinski definition) is 0. The molecule has 0 atom stereocenters. The monoisotopic (exact) mass is 512 g/mol. The Labute approximate surface area is 141 Å². The molecule has 6 heteroatoms. The second kappa shape index (κ2) is 20.3. The van der Waals surface area contributed by atoms with Gasteiger partial charge in [-0.3, -0.25) is 0 Å². The summed E-state index contributed by atoms with van der Waals surface area (Å²) in [6.07, 6.45) is 6.19. The van der Waals surface area contributed by atoms with Crippen LogP contribution in [0, 0.1) is 17.9 Å². The summed E-state index contributed by atoms with van der Waals surface area (Å²) in [5, 5.41) is 8.36. The van der Waals surface area contributed by atoms with Crippen LogP contribution < -0.4 is 0 Å². The van der Waals surface area contributed by atoms with Crippen LogP contribution in [0.2, 0.25) is 0 Å². The van der Waals surface area contributed by atoms with E-state index < -0.39 is 0 Å². The molecule has 0 unspecified atom stereocenters. The van der Waals surface area contributed by atoms with Crippen molar-refractivity contribution in [2.45, 2.75) is 38.5 Å². The zero-order valence-electron chi connectivity index (χ0n) is 10.9. The first-order valence-corrected chi connectivity index (χ1v) is 15.0. The molecule has 0 aliphatic heterocycles. The van der Waals surface area contributed by atoms with Crippen LogP contribution in [0.15, 0.2) is 0 Å². The molecule has 0 aliphatic rings. The van der Waals surface area contributed by atoms with Crippen molar-refractivity contribution >= 4 is 40.0 Å². The Hall–Kier alpha value is 0.984. The second-order valence-electron chi connectivity index (χ2n) is 3.92. The van der Waals surface area contributed by atoms with E-state index >= 15 is 0 Å². The van der Waals surface area contributed by atoms with Crippen molar-refractivity contribution < 1.29 is 9.47 Å². The molecule has 3 nitrogen and oxygen atoms in total. The quantitative estimate of drug-likeness (QED) is 0.260. The molecule has 0 bridgehead atoms. The van der Waals surface area contributed by atoms with Gasteiger partial charge < -0.3 is 9.74 Å². The average molecular weight is 512 g/mol. The van der Waals surface area contributed by atoms with Gasteiger partial charge in [0.2, 0.25) is 6.54 Å². The Balaban J connectivity index is 0. The van der Waals surface area contributed by atoms with Crippen LogP contribution in [0.25, 0.3) is 4.85 Å². The molecule has 0 aromatic heterocycles. The summed E-state index contributed by atoms with van der Waals surface area (Å²) in [5.74, 6) is 0. The van der Waals surface area contributed by atoms with Gasteiger partial charge in [-0.05, 0) is 39.4 Å². The summed E-state index contributed by atoms with van der Waals surface area (Å²) in [5.41, 5.74) is 0. The molecule has 0 aromatic rings. The average Bonchev–Trinajstić information content (AvgIpc) is 2.35. The predicted molar refractivity (Wildman–Crippen MR) is 90.3 cm³/mol. The van der Waals surface area contributed by atoms with E-state index in [1.807, 2.05) is 0 Å². The molecule has 0 heterocycles. The number of nitrogens with zero attached hydrogens (tertiary/aromatic N) is 3. The molecule has 0 aliphatic carbocycles. The molecule has 0 amide bonds. The van der Waals surface area contributed by atoms with Crippen molar-refractivity contribution in [1.82, 2.24) is 4.90 Å². The zero-order valence-corrected chi connectivity index (χ0v) is 16.6. The third-order valence-corrected chi connectivity index (χ3v) is 2.39. The van der Waals surface area contributed by atoms with Gasteiger partial charge in [-0.1, -0.05) is 6.42 Å². The number of rotatable bonds is 9. The molecule has 0 rings (SSSR count). The van der Waals surface area contributed by atoms with Gasteiger partial charge in [0.05, 0.1) is 6.07 Å². The van der Waals surface area contributed by atoms with E-state index in [4.69, 9.17) is 11.8 Å². The van der Waals surface area contributed by atoms with Crippen LogP contribution in [-0.2, 0) is 9.47 Å². The van der Waals surface area contributed by atoms with E-state index in [9.17, 15) is 0 Å². The minimum atomic E-state index is 0.628. The summed E-state index contributed by atoms with van der Waals surface area (Å²) in [6, 6.07) is 2.16. The zero-order chi connectivity index (χ0) is 14.1. The van der Waals surface area contributed by atoms with Gasteiger partial charge in [0.15, 0.2) is 0 Å². The maximum absolute atomic E-state index is 8.36. The summed E-state index contributed by atoms with van der Waals surface area (Å²) in [7, 11) is 2.75. The van der Waals surface area contributed by atoms with Gasteiger partial charge in [0.25, 0.3) is 0 Å². The minimum absolute atomic E-state index is 0.628. The first kappa shape index (κ1) is 21.3. The van der Waals surface area contributed by atoms with E-state index in [1.54, 1.807) is 0 Å². The molecule has 0 aromatic carbocycles. The van der Waals surface area contributed by atoms with Crippen LogP contribution in [-0.4, -0.2) is 31.6 Å². The van der Waals surface area contributed by atoms with E-state index in [0.717, 1.165) is 38.8 Å². The standard InChI is InChI=1S/C12H21N3.2HI.V/c1-14-10-6-8-12-15(2)11-7-4-3-5-9-13;;;/h3-8,10-12H2,2H3;2*1H;/q;;;+2/p-2. The van der Waals surface area contributed by atoms with Gasteiger partial charge in [-0.15, -0.1) is 0 Å². The summed E-state index contributed by atoms with van der Waals surface area (Å²) >= 11 is 4.74. The Bertz CT molecular complexity index is 238. The molecular formula is C12H21I2N3V. The number of nitriles is 1. The number of hydrogen-bond acceptors (Lipinski definition) is 2. The van der Waals surface area contributed by atoms with Crippen molar-refractivity contribution in [3.05, 3.63) is 11.4 Å². The Morgan fingerprint density at radius 2 is 1.72 bits per heavy atom. The van der Waals surface area contributed by atoms with E-state index in [1.165, 1.54) is 6.42 Å². The van der Waals surface area contributed by atoms with Gasteiger partial charge >= 0.3 is 49.4 Å². The molecule has 103 valence electrons. The van der Waals surface area contributed by atoms with E-state index in [0.29, 0.717) is 22.4 Å². The molecule has 0 saturated heterocycles.